The molecule has 0 atom stereocenters. The van der Waals surface area contributed by atoms with E-state index in [9.17, 15) is 19.2 Å². The molecule has 2 rings (SSSR count). The highest BCUT2D eigenvalue weighted by Crippen LogP contribution is 2.26. The first-order valence-electron chi connectivity index (χ1n) is 16.1. The average molecular weight is 633 g/mol. The molecule has 0 aliphatic carbocycles. The van der Waals surface area contributed by atoms with Crippen molar-refractivity contribution in [1.29, 1.82) is 0 Å². The Morgan fingerprint density at radius 1 is 0.659 bits per heavy atom. The van der Waals surface area contributed by atoms with E-state index in [4.69, 9.17) is 31.2 Å². The van der Waals surface area contributed by atoms with E-state index in [0.717, 1.165) is 11.8 Å². The minimum atomic E-state index is -1.65. The van der Waals surface area contributed by atoms with Crippen LogP contribution in [0.3, 0.4) is 0 Å². The Labute approximate surface area is 265 Å². The van der Waals surface area contributed by atoms with E-state index >= 15 is 0 Å². The van der Waals surface area contributed by atoms with Crippen molar-refractivity contribution in [2.75, 3.05) is 39.3 Å². The van der Waals surface area contributed by atoms with Crippen LogP contribution in [0.4, 0.5) is 0 Å². The highest BCUT2D eigenvalue weighted by atomic mass is 16.6. The minimum absolute atomic E-state index is 0.222. The van der Waals surface area contributed by atoms with Crippen LogP contribution in [0.5, 0.6) is 0 Å². The summed E-state index contributed by atoms with van der Waals surface area (Å²) in [5.41, 5.74) is 8.05. The van der Waals surface area contributed by atoms with E-state index in [-0.39, 0.29) is 25.9 Å². The Bertz CT molecular complexity index is 746. The molecule has 2 saturated heterocycles. The molecule has 2 aliphatic rings. The Morgan fingerprint density at radius 3 is 1.14 bits per heavy atom. The van der Waals surface area contributed by atoms with Gasteiger partial charge in [-0.3, -0.25) is 19.2 Å². The maximum Gasteiger partial charge on any atom is 0.326 e. The van der Waals surface area contributed by atoms with Gasteiger partial charge in [0.05, 0.1) is 0 Å². The van der Waals surface area contributed by atoms with Crippen molar-refractivity contribution in [3.05, 3.63) is 0 Å². The molecule has 0 bridgehead atoms. The molecule has 2 heterocycles. The second-order valence-corrected chi connectivity index (χ2v) is 13.3. The number of nitrogens with two attached hydrogens (primary N) is 2. The number of carbonyl (C=O) groups is 4. The van der Waals surface area contributed by atoms with E-state index < -0.39 is 40.5 Å². The van der Waals surface area contributed by atoms with Gasteiger partial charge in [0.1, 0.15) is 11.2 Å². The Morgan fingerprint density at radius 2 is 0.932 bits per heavy atom. The quantitative estimate of drug-likeness (QED) is 0.151. The van der Waals surface area contributed by atoms with Crippen molar-refractivity contribution in [2.45, 2.75) is 124 Å². The average Bonchev–Trinajstić information content (AvgIpc) is 2.94. The first-order valence-corrected chi connectivity index (χ1v) is 16.1. The smallest absolute Gasteiger partial charge is 0.326 e. The van der Waals surface area contributed by atoms with Crippen molar-refractivity contribution in [3.63, 3.8) is 0 Å². The monoisotopic (exact) mass is 632 g/mol. The van der Waals surface area contributed by atoms with Gasteiger partial charge in [0.2, 0.25) is 0 Å². The third kappa shape index (κ3) is 22.3. The van der Waals surface area contributed by atoms with Gasteiger partial charge in [-0.25, -0.2) is 0 Å². The molecule has 0 radical (unpaired) electrons. The van der Waals surface area contributed by atoms with Gasteiger partial charge in [0, 0.05) is 25.9 Å². The number of rotatable bonds is 10. The second kappa shape index (κ2) is 23.1. The number of aliphatic carboxylic acids is 2. The third-order valence-electron chi connectivity index (χ3n) is 7.02. The van der Waals surface area contributed by atoms with Crippen LogP contribution in [0.15, 0.2) is 0 Å². The predicted molar refractivity (Wildman–Crippen MR) is 173 cm³/mol. The maximum atomic E-state index is 12.2. The summed E-state index contributed by atoms with van der Waals surface area (Å²) in [5, 5.41) is 22.3. The lowest BCUT2D eigenvalue weighted by Gasteiger charge is -2.33. The van der Waals surface area contributed by atoms with Gasteiger partial charge < -0.3 is 41.8 Å². The van der Waals surface area contributed by atoms with Gasteiger partial charge in [-0.15, -0.1) is 0 Å². The van der Waals surface area contributed by atoms with Gasteiger partial charge in [-0.05, 0) is 105 Å². The van der Waals surface area contributed by atoms with Crippen molar-refractivity contribution in [1.82, 2.24) is 10.6 Å². The van der Waals surface area contributed by atoms with Crippen LogP contribution in [-0.2, 0) is 28.7 Å². The SMILES string of the molecule is C(CC1CCNCC1)CC1CCNCC1.CC(C)(C)OC(=O)C(CN)(CN)C(=O)OC(C)(C)C.CCC(=O)O.CCC(=O)O. The first-order chi connectivity index (χ1) is 20.4. The van der Waals surface area contributed by atoms with Crippen LogP contribution in [0.25, 0.3) is 0 Å². The summed E-state index contributed by atoms with van der Waals surface area (Å²) in [6.45, 7) is 18.0. The molecule has 8 N–H and O–H groups in total. The summed E-state index contributed by atoms with van der Waals surface area (Å²) in [7, 11) is 0. The molecule has 12 heteroatoms. The molecule has 0 aromatic heterocycles. The number of hydrogen-bond acceptors (Lipinski definition) is 10. The van der Waals surface area contributed by atoms with Crippen LogP contribution >= 0.6 is 0 Å². The number of esters is 2. The number of ether oxygens (including phenoxy) is 2. The lowest BCUT2D eigenvalue weighted by atomic mass is 9.87. The van der Waals surface area contributed by atoms with E-state index in [2.05, 4.69) is 10.6 Å². The zero-order valence-electron chi connectivity index (χ0n) is 28.8. The van der Waals surface area contributed by atoms with Gasteiger partial charge >= 0.3 is 23.9 Å². The van der Waals surface area contributed by atoms with E-state index in [0.29, 0.717) is 0 Å². The fraction of sp³-hybridized carbons (Fsp3) is 0.875. The van der Waals surface area contributed by atoms with E-state index in [1.54, 1.807) is 55.4 Å². The zero-order valence-corrected chi connectivity index (χ0v) is 28.8. The number of carbonyl (C=O) groups excluding carboxylic acids is 2. The highest BCUT2D eigenvalue weighted by molar-refractivity contribution is 6.01. The van der Waals surface area contributed by atoms with Crippen LogP contribution in [-0.4, -0.2) is 84.6 Å². The van der Waals surface area contributed by atoms with E-state index in [1.165, 1.54) is 71.1 Å². The van der Waals surface area contributed by atoms with Crippen LogP contribution in [0, 0.1) is 17.3 Å². The normalized spacial score (nSPS) is 16.0. The number of hydrogen-bond donors (Lipinski definition) is 6. The molecule has 44 heavy (non-hydrogen) atoms. The number of carboxylic acid groups (broad SMARTS) is 2. The second-order valence-electron chi connectivity index (χ2n) is 13.3. The molecule has 260 valence electrons. The summed E-state index contributed by atoms with van der Waals surface area (Å²) < 4.78 is 10.4. The van der Waals surface area contributed by atoms with Gasteiger partial charge in [-0.1, -0.05) is 33.1 Å². The summed E-state index contributed by atoms with van der Waals surface area (Å²) in [4.78, 5) is 43.1. The van der Waals surface area contributed by atoms with Crippen LogP contribution in [0.1, 0.15) is 113 Å². The molecule has 0 aromatic rings. The molecular formula is C32H64N4O8. The molecule has 0 aromatic carbocycles. The van der Waals surface area contributed by atoms with Crippen LogP contribution in [0.2, 0.25) is 0 Å². The summed E-state index contributed by atoms with van der Waals surface area (Å²) >= 11 is 0. The molecule has 0 spiro atoms. The Balaban J connectivity index is 0. The predicted octanol–water partition coefficient (Wildman–Crippen LogP) is 3.69. The summed E-state index contributed by atoms with van der Waals surface area (Å²) in [6, 6.07) is 0. The van der Waals surface area contributed by atoms with Gasteiger partial charge in [0.15, 0.2) is 5.41 Å². The number of nitrogens with one attached hydrogen (secondary N) is 2. The third-order valence-corrected chi connectivity index (χ3v) is 7.02. The highest BCUT2D eigenvalue weighted by Gasteiger charge is 2.49. The largest absolute Gasteiger partial charge is 0.481 e. The molecule has 0 saturated carbocycles. The minimum Gasteiger partial charge on any atom is -0.481 e. The Kier molecular flexibility index (Phi) is 23.0. The fourth-order valence-electron chi connectivity index (χ4n) is 4.29. The summed E-state index contributed by atoms with van der Waals surface area (Å²) in [5.74, 6) is -0.922. The van der Waals surface area contributed by atoms with Crippen molar-refractivity contribution in [2.24, 2.45) is 28.7 Å². The Hall–Kier alpha value is -2.28. The van der Waals surface area contributed by atoms with Gasteiger partial charge in [-0.2, -0.15) is 0 Å². The molecule has 2 fully saturated rings. The lowest BCUT2D eigenvalue weighted by molar-refractivity contribution is -0.183. The summed E-state index contributed by atoms with van der Waals surface area (Å²) in [6.07, 6.45) is 10.6. The van der Waals surface area contributed by atoms with E-state index in [1.807, 2.05) is 0 Å². The molecule has 2 aliphatic heterocycles. The lowest BCUT2D eigenvalue weighted by Crippen LogP contribution is -2.55. The van der Waals surface area contributed by atoms with Crippen molar-refractivity contribution >= 4 is 23.9 Å². The fourth-order valence-corrected chi connectivity index (χ4v) is 4.29. The van der Waals surface area contributed by atoms with Crippen molar-refractivity contribution < 1.29 is 38.9 Å². The number of piperidine rings is 2. The van der Waals surface area contributed by atoms with Crippen LogP contribution < -0.4 is 22.1 Å². The first kappa shape index (κ1) is 43.8. The zero-order chi connectivity index (χ0) is 34.4. The molecule has 12 nitrogen and oxygen atoms in total. The van der Waals surface area contributed by atoms with Gasteiger partial charge in [0.25, 0.3) is 0 Å². The standard InChI is InChI=1S/C13H26N2O4.C13H26N2.2C3H6O2/c1-11(2,3)18-9(16)13(7-14,8-15)10(17)19-12(4,5)6;1(2-12-4-8-14-9-5-12)3-13-6-10-15-11-7-13;2*1-2-3(4)5/h7-8,14-15H2,1-6H3;12-15H,1-11H2;2*2H2,1H3,(H,4,5). The number of carboxylic acids is 2. The molecule has 0 amide bonds. The molecular weight excluding hydrogens is 568 g/mol. The maximum absolute atomic E-state index is 12.2. The van der Waals surface area contributed by atoms with Crippen molar-refractivity contribution in [3.8, 4) is 0 Å². The topological polar surface area (TPSA) is 203 Å². The molecule has 0 unspecified atom stereocenters.